The van der Waals surface area contributed by atoms with Gasteiger partial charge in [0.15, 0.2) is 0 Å². The molecule has 6 heteroatoms. The van der Waals surface area contributed by atoms with E-state index in [1.165, 1.54) is 6.20 Å². The number of carbonyl (C=O) groups is 1. The maximum Gasteiger partial charge on any atom is 0.354 e. The first kappa shape index (κ1) is 18.3. The first-order valence-corrected chi connectivity index (χ1v) is 8.13. The fourth-order valence-corrected chi connectivity index (χ4v) is 2.73. The van der Waals surface area contributed by atoms with Gasteiger partial charge >= 0.3 is 5.97 Å². The molecule has 1 heterocycles. The normalized spacial score (nSPS) is 11.5. The zero-order valence-corrected chi connectivity index (χ0v) is 15.2. The monoisotopic (exact) mass is 364 g/mol. The molecule has 0 spiro atoms. The SMILES string of the molecule is C/C=C(\C=C(C)C)c1ncc(C(=O)O)n1Cc1cc(Cl)ccc1Cl. The number of rotatable bonds is 5. The van der Waals surface area contributed by atoms with Gasteiger partial charge in [-0.05, 0) is 44.5 Å². The van der Waals surface area contributed by atoms with Crippen LogP contribution >= 0.6 is 23.2 Å². The smallest absolute Gasteiger partial charge is 0.354 e. The molecule has 0 aliphatic heterocycles. The van der Waals surface area contributed by atoms with Gasteiger partial charge in [0, 0.05) is 15.6 Å². The van der Waals surface area contributed by atoms with Crippen LogP contribution in [0.25, 0.3) is 5.57 Å². The van der Waals surface area contributed by atoms with Gasteiger partial charge in [0.1, 0.15) is 11.5 Å². The van der Waals surface area contributed by atoms with E-state index in [1.54, 1.807) is 22.8 Å². The number of hydrogen-bond acceptors (Lipinski definition) is 2. The summed E-state index contributed by atoms with van der Waals surface area (Å²) in [6.45, 7) is 6.11. The quantitative estimate of drug-likeness (QED) is 0.731. The lowest BCUT2D eigenvalue weighted by Crippen LogP contribution is -2.12. The van der Waals surface area contributed by atoms with Crippen molar-refractivity contribution >= 4 is 34.7 Å². The first-order valence-electron chi connectivity index (χ1n) is 7.37. The summed E-state index contributed by atoms with van der Waals surface area (Å²) in [5.41, 5.74) is 2.78. The summed E-state index contributed by atoms with van der Waals surface area (Å²) in [6.07, 6.45) is 5.22. The number of imidazole rings is 1. The molecule has 0 aliphatic carbocycles. The van der Waals surface area contributed by atoms with Crippen LogP contribution in [0.1, 0.15) is 42.6 Å². The number of halogens is 2. The Hall–Kier alpha value is -2.04. The van der Waals surface area contributed by atoms with Crippen LogP contribution in [-0.4, -0.2) is 20.6 Å². The number of hydrogen-bond donors (Lipinski definition) is 1. The minimum Gasteiger partial charge on any atom is -0.477 e. The number of benzene rings is 1. The number of carboxylic acids is 1. The maximum atomic E-state index is 11.6. The molecule has 126 valence electrons. The van der Waals surface area contributed by atoms with Crippen LogP contribution in [0.5, 0.6) is 0 Å². The van der Waals surface area contributed by atoms with Gasteiger partial charge in [-0.3, -0.25) is 0 Å². The van der Waals surface area contributed by atoms with Crippen LogP contribution in [-0.2, 0) is 6.54 Å². The van der Waals surface area contributed by atoms with Gasteiger partial charge in [-0.25, -0.2) is 9.78 Å². The Labute approximate surface area is 151 Å². The van der Waals surface area contributed by atoms with Crippen molar-refractivity contribution in [3.63, 3.8) is 0 Å². The van der Waals surface area contributed by atoms with Crippen molar-refractivity contribution in [2.75, 3.05) is 0 Å². The molecule has 2 aromatic rings. The summed E-state index contributed by atoms with van der Waals surface area (Å²) in [7, 11) is 0. The van der Waals surface area contributed by atoms with Crippen molar-refractivity contribution in [3.05, 3.63) is 69.2 Å². The summed E-state index contributed by atoms with van der Waals surface area (Å²) in [5, 5.41) is 10.5. The van der Waals surface area contributed by atoms with E-state index in [2.05, 4.69) is 4.98 Å². The second-order valence-corrected chi connectivity index (χ2v) is 6.40. The van der Waals surface area contributed by atoms with E-state index < -0.39 is 5.97 Å². The molecular weight excluding hydrogens is 347 g/mol. The van der Waals surface area contributed by atoms with Crippen LogP contribution in [0.3, 0.4) is 0 Å². The molecule has 0 saturated carbocycles. The largest absolute Gasteiger partial charge is 0.477 e. The molecule has 0 radical (unpaired) electrons. The van der Waals surface area contributed by atoms with Crippen LogP contribution in [0.2, 0.25) is 10.0 Å². The lowest BCUT2D eigenvalue weighted by atomic mass is 10.1. The Morgan fingerprint density at radius 1 is 1.33 bits per heavy atom. The molecule has 1 aromatic carbocycles. The summed E-state index contributed by atoms with van der Waals surface area (Å²) in [4.78, 5) is 15.9. The number of aromatic nitrogens is 2. The highest BCUT2D eigenvalue weighted by Crippen LogP contribution is 2.25. The summed E-state index contributed by atoms with van der Waals surface area (Å²) in [5.74, 6) is -0.466. The molecule has 0 fully saturated rings. The van der Waals surface area contributed by atoms with Crippen molar-refractivity contribution in [1.29, 1.82) is 0 Å². The molecule has 2 rings (SSSR count). The highest BCUT2D eigenvalue weighted by molar-refractivity contribution is 6.33. The van der Waals surface area contributed by atoms with Gasteiger partial charge in [-0.2, -0.15) is 0 Å². The molecular formula is C18H18Cl2N2O2. The predicted octanol–water partition coefficient (Wildman–Crippen LogP) is 5.31. The highest BCUT2D eigenvalue weighted by atomic mass is 35.5. The van der Waals surface area contributed by atoms with Crippen molar-refractivity contribution in [3.8, 4) is 0 Å². The lowest BCUT2D eigenvalue weighted by Gasteiger charge is -2.13. The Bertz CT molecular complexity index is 832. The maximum absolute atomic E-state index is 11.6. The average molecular weight is 365 g/mol. The fraction of sp³-hybridized carbons (Fsp3) is 0.222. The van der Waals surface area contributed by atoms with Gasteiger partial charge in [0.25, 0.3) is 0 Å². The molecule has 0 amide bonds. The fourth-order valence-electron chi connectivity index (χ4n) is 2.36. The number of carboxylic acid groups (broad SMARTS) is 1. The molecule has 1 aromatic heterocycles. The van der Waals surface area contributed by atoms with Crippen molar-refractivity contribution < 1.29 is 9.90 Å². The highest BCUT2D eigenvalue weighted by Gasteiger charge is 2.18. The average Bonchev–Trinajstić information content (AvgIpc) is 2.92. The van der Waals surface area contributed by atoms with Gasteiger partial charge < -0.3 is 9.67 Å². The molecule has 1 N–H and O–H groups in total. The van der Waals surface area contributed by atoms with Crippen LogP contribution in [0.15, 0.2) is 42.1 Å². The Morgan fingerprint density at radius 3 is 2.62 bits per heavy atom. The van der Waals surface area contributed by atoms with E-state index in [9.17, 15) is 9.90 Å². The Morgan fingerprint density at radius 2 is 2.04 bits per heavy atom. The van der Waals surface area contributed by atoms with Crippen LogP contribution < -0.4 is 0 Å². The number of allylic oxidation sites excluding steroid dienone is 4. The Kier molecular flexibility index (Phi) is 5.86. The van der Waals surface area contributed by atoms with Crippen LogP contribution in [0, 0.1) is 0 Å². The Balaban J connectivity index is 2.58. The van der Waals surface area contributed by atoms with Gasteiger partial charge in [0.05, 0.1) is 12.7 Å². The van der Waals surface area contributed by atoms with Crippen molar-refractivity contribution in [2.45, 2.75) is 27.3 Å². The minimum atomic E-state index is -1.04. The third-order valence-electron chi connectivity index (χ3n) is 3.42. The van der Waals surface area contributed by atoms with Gasteiger partial charge in [-0.15, -0.1) is 0 Å². The minimum absolute atomic E-state index is 0.0996. The second kappa shape index (κ2) is 7.69. The van der Waals surface area contributed by atoms with Gasteiger partial charge in [0.2, 0.25) is 0 Å². The van der Waals surface area contributed by atoms with E-state index >= 15 is 0 Å². The molecule has 0 saturated heterocycles. The van der Waals surface area contributed by atoms with E-state index in [4.69, 9.17) is 23.2 Å². The summed E-state index contributed by atoms with van der Waals surface area (Å²) < 4.78 is 1.63. The van der Waals surface area contributed by atoms with Crippen LogP contribution in [0.4, 0.5) is 0 Å². The topological polar surface area (TPSA) is 55.1 Å². The lowest BCUT2D eigenvalue weighted by molar-refractivity contribution is 0.0685. The van der Waals surface area contributed by atoms with E-state index in [0.29, 0.717) is 15.9 Å². The zero-order chi connectivity index (χ0) is 17.9. The third kappa shape index (κ3) is 4.08. The van der Waals surface area contributed by atoms with E-state index in [0.717, 1.165) is 16.7 Å². The molecule has 0 atom stereocenters. The van der Waals surface area contributed by atoms with Crippen molar-refractivity contribution in [1.82, 2.24) is 9.55 Å². The molecule has 4 nitrogen and oxygen atoms in total. The van der Waals surface area contributed by atoms with E-state index in [1.807, 2.05) is 32.9 Å². The summed E-state index contributed by atoms with van der Waals surface area (Å²) >= 11 is 12.3. The van der Waals surface area contributed by atoms with E-state index in [-0.39, 0.29) is 12.2 Å². The van der Waals surface area contributed by atoms with Gasteiger partial charge in [-0.1, -0.05) is 40.9 Å². The summed E-state index contributed by atoms with van der Waals surface area (Å²) in [6, 6.07) is 5.12. The molecule has 0 unspecified atom stereocenters. The second-order valence-electron chi connectivity index (χ2n) is 5.56. The first-order chi connectivity index (χ1) is 11.3. The number of nitrogens with zero attached hydrogens (tertiary/aromatic N) is 2. The molecule has 0 aliphatic rings. The van der Waals surface area contributed by atoms with Crippen molar-refractivity contribution in [2.24, 2.45) is 0 Å². The number of aromatic carboxylic acids is 1. The third-order valence-corrected chi connectivity index (χ3v) is 4.03. The zero-order valence-electron chi connectivity index (χ0n) is 13.7. The standard InChI is InChI=1S/C18H18Cl2N2O2/c1-4-12(7-11(2)3)17-21-9-16(18(23)24)22(17)10-13-8-14(19)5-6-15(13)20/h4-9H,10H2,1-3H3,(H,23,24)/b12-4+. The predicted molar refractivity (Wildman–Crippen MR) is 97.8 cm³/mol. The molecule has 0 bridgehead atoms. The molecule has 24 heavy (non-hydrogen) atoms.